The normalized spacial score (nSPS) is 46.0. The number of amides is 1. The SMILES string of the molecule is N#CC1CCCN1C(=O)CNC1C2CC3CC1CC(O)(C3)C2. The second-order valence-electron chi connectivity index (χ2n) is 7.98. The summed E-state index contributed by atoms with van der Waals surface area (Å²) in [6.07, 6.45) is 6.94. The van der Waals surface area contributed by atoms with Gasteiger partial charge in [-0.3, -0.25) is 4.79 Å². The minimum atomic E-state index is -0.417. The van der Waals surface area contributed by atoms with Crippen LogP contribution in [-0.2, 0) is 4.79 Å². The zero-order valence-corrected chi connectivity index (χ0v) is 13.0. The molecule has 0 aromatic heterocycles. The van der Waals surface area contributed by atoms with Crippen LogP contribution in [0, 0.1) is 29.1 Å². The molecule has 0 radical (unpaired) electrons. The molecule has 3 atom stereocenters. The van der Waals surface area contributed by atoms with Crippen LogP contribution in [-0.4, -0.2) is 46.7 Å². The largest absolute Gasteiger partial charge is 0.390 e. The van der Waals surface area contributed by atoms with Gasteiger partial charge in [-0.1, -0.05) is 0 Å². The fraction of sp³-hybridized carbons (Fsp3) is 0.882. The van der Waals surface area contributed by atoms with Gasteiger partial charge in [0, 0.05) is 12.6 Å². The number of hydrogen-bond acceptors (Lipinski definition) is 4. The Morgan fingerprint density at radius 3 is 2.68 bits per heavy atom. The second-order valence-corrected chi connectivity index (χ2v) is 7.98. The van der Waals surface area contributed by atoms with Gasteiger partial charge in [0.2, 0.25) is 5.91 Å². The minimum absolute atomic E-state index is 0.0663. The van der Waals surface area contributed by atoms with Gasteiger partial charge < -0.3 is 15.3 Å². The molecule has 5 aliphatic rings. The van der Waals surface area contributed by atoms with Crippen molar-refractivity contribution in [3.8, 4) is 6.07 Å². The molecule has 0 spiro atoms. The van der Waals surface area contributed by atoms with Gasteiger partial charge in [0.1, 0.15) is 6.04 Å². The van der Waals surface area contributed by atoms with Gasteiger partial charge in [-0.15, -0.1) is 0 Å². The van der Waals surface area contributed by atoms with Crippen molar-refractivity contribution >= 4 is 5.91 Å². The van der Waals surface area contributed by atoms with Crippen molar-refractivity contribution in [2.45, 2.75) is 62.6 Å². The Morgan fingerprint density at radius 2 is 2.05 bits per heavy atom. The number of carbonyl (C=O) groups is 1. The van der Waals surface area contributed by atoms with Crippen molar-refractivity contribution in [1.29, 1.82) is 5.26 Å². The van der Waals surface area contributed by atoms with Gasteiger partial charge in [-0.2, -0.15) is 5.26 Å². The summed E-state index contributed by atoms with van der Waals surface area (Å²) in [5.74, 6) is 1.80. The Morgan fingerprint density at radius 1 is 1.32 bits per heavy atom. The number of rotatable bonds is 3. The Hall–Kier alpha value is -1.12. The monoisotopic (exact) mass is 303 g/mol. The van der Waals surface area contributed by atoms with E-state index in [1.165, 1.54) is 12.8 Å². The first-order valence-electron chi connectivity index (χ1n) is 8.73. The highest BCUT2D eigenvalue weighted by Gasteiger charge is 2.54. The summed E-state index contributed by atoms with van der Waals surface area (Å²) in [6.45, 7) is 1.07. The lowest BCUT2D eigenvalue weighted by Gasteiger charge is -2.58. The van der Waals surface area contributed by atoms with Crippen LogP contribution >= 0.6 is 0 Å². The van der Waals surface area contributed by atoms with Crippen LogP contribution in [0.5, 0.6) is 0 Å². The molecule has 5 heteroatoms. The van der Waals surface area contributed by atoms with Gasteiger partial charge in [0.25, 0.3) is 0 Å². The number of carbonyl (C=O) groups excluding carboxylic acids is 1. The van der Waals surface area contributed by atoms with Crippen molar-refractivity contribution < 1.29 is 9.90 Å². The van der Waals surface area contributed by atoms with E-state index in [-0.39, 0.29) is 11.9 Å². The summed E-state index contributed by atoms with van der Waals surface area (Å²) >= 11 is 0. The van der Waals surface area contributed by atoms with Gasteiger partial charge in [0.15, 0.2) is 0 Å². The molecule has 120 valence electrons. The second kappa shape index (κ2) is 5.21. The summed E-state index contributed by atoms with van der Waals surface area (Å²) in [7, 11) is 0. The summed E-state index contributed by atoms with van der Waals surface area (Å²) in [5, 5.41) is 23.2. The lowest BCUT2D eigenvalue weighted by Crippen LogP contribution is -2.61. The van der Waals surface area contributed by atoms with E-state index < -0.39 is 5.60 Å². The molecule has 3 unspecified atom stereocenters. The maximum atomic E-state index is 12.4. The number of nitrogens with zero attached hydrogens (tertiary/aromatic N) is 2. The Balaban J connectivity index is 1.37. The first-order valence-corrected chi connectivity index (χ1v) is 8.73. The molecule has 4 aliphatic carbocycles. The molecular formula is C17H25N3O2. The van der Waals surface area contributed by atoms with Crippen molar-refractivity contribution in [3.63, 3.8) is 0 Å². The summed E-state index contributed by atoms with van der Waals surface area (Å²) in [5.41, 5.74) is -0.417. The molecule has 2 N–H and O–H groups in total. The van der Waals surface area contributed by atoms with Crippen LogP contribution in [0.15, 0.2) is 0 Å². The van der Waals surface area contributed by atoms with Crippen LogP contribution in [0.2, 0.25) is 0 Å². The van der Waals surface area contributed by atoms with E-state index in [1.807, 2.05) is 0 Å². The fourth-order valence-electron chi connectivity index (χ4n) is 5.82. The molecule has 0 aromatic rings. The lowest BCUT2D eigenvalue weighted by molar-refractivity contribution is -0.141. The van der Waals surface area contributed by atoms with Gasteiger partial charge in [0.05, 0.1) is 18.2 Å². The van der Waals surface area contributed by atoms with E-state index in [4.69, 9.17) is 5.26 Å². The topological polar surface area (TPSA) is 76.4 Å². The van der Waals surface area contributed by atoms with E-state index in [1.54, 1.807) is 4.90 Å². The van der Waals surface area contributed by atoms with Crippen molar-refractivity contribution in [3.05, 3.63) is 0 Å². The van der Waals surface area contributed by atoms with E-state index >= 15 is 0 Å². The molecule has 5 rings (SSSR count). The van der Waals surface area contributed by atoms with Crippen LogP contribution in [0.1, 0.15) is 44.9 Å². The van der Waals surface area contributed by atoms with Gasteiger partial charge in [-0.25, -0.2) is 0 Å². The number of aliphatic hydroxyl groups is 1. The van der Waals surface area contributed by atoms with Crippen LogP contribution in [0.4, 0.5) is 0 Å². The summed E-state index contributed by atoms with van der Waals surface area (Å²) < 4.78 is 0. The Labute approximate surface area is 131 Å². The van der Waals surface area contributed by atoms with Crippen molar-refractivity contribution in [1.82, 2.24) is 10.2 Å². The predicted octanol–water partition coefficient (Wildman–Crippen LogP) is 1.03. The molecular weight excluding hydrogens is 278 g/mol. The molecule has 1 amide bonds. The Kier molecular flexibility index (Phi) is 3.43. The minimum Gasteiger partial charge on any atom is -0.390 e. The maximum absolute atomic E-state index is 12.4. The number of hydrogen-bond donors (Lipinski definition) is 2. The molecule has 1 heterocycles. The molecule has 1 saturated heterocycles. The molecule has 5 nitrogen and oxygen atoms in total. The van der Waals surface area contributed by atoms with Gasteiger partial charge in [-0.05, 0) is 62.7 Å². The molecule has 1 aliphatic heterocycles. The summed E-state index contributed by atoms with van der Waals surface area (Å²) in [4.78, 5) is 14.1. The van der Waals surface area contributed by atoms with Crippen LogP contribution < -0.4 is 5.32 Å². The lowest BCUT2D eigenvalue weighted by atomic mass is 9.52. The zero-order chi connectivity index (χ0) is 15.3. The summed E-state index contributed by atoms with van der Waals surface area (Å²) in [6, 6.07) is 2.38. The van der Waals surface area contributed by atoms with E-state index in [2.05, 4.69) is 11.4 Å². The third-order valence-electron chi connectivity index (χ3n) is 6.45. The smallest absolute Gasteiger partial charge is 0.237 e. The zero-order valence-electron chi connectivity index (χ0n) is 13.0. The molecule has 5 fully saturated rings. The highest BCUT2D eigenvalue weighted by molar-refractivity contribution is 5.79. The highest BCUT2D eigenvalue weighted by atomic mass is 16.3. The number of likely N-dealkylation sites (tertiary alicyclic amines) is 1. The first kappa shape index (κ1) is 14.5. The number of nitrogens with one attached hydrogen (secondary N) is 1. The molecule has 4 bridgehead atoms. The van der Waals surface area contributed by atoms with E-state index in [9.17, 15) is 9.90 Å². The standard InChI is InChI=1S/C17H25N3O2/c18-9-14-2-1-3-20(14)15(21)10-19-16-12-4-11-5-13(16)8-17(22,6-11)7-12/h11-14,16,19,22H,1-8,10H2. The quantitative estimate of drug-likeness (QED) is 0.816. The average Bonchev–Trinajstić information content (AvgIpc) is 2.93. The van der Waals surface area contributed by atoms with Crippen molar-refractivity contribution in [2.75, 3.05) is 13.1 Å². The van der Waals surface area contributed by atoms with E-state index in [0.717, 1.165) is 38.6 Å². The Bertz CT molecular complexity index is 499. The molecule has 22 heavy (non-hydrogen) atoms. The third kappa shape index (κ3) is 2.33. The third-order valence-corrected chi connectivity index (χ3v) is 6.45. The maximum Gasteiger partial charge on any atom is 0.237 e. The van der Waals surface area contributed by atoms with Crippen LogP contribution in [0.3, 0.4) is 0 Å². The van der Waals surface area contributed by atoms with E-state index in [0.29, 0.717) is 30.3 Å². The highest BCUT2D eigenvalue weighted by Crippen LogP contribution is 2.55. The fourth-order valence-corrected chi connectivity index (χ4v) is 5.82. The van der Waals surface area contributed by atoms with Crippen molar-refractivity contribution in [2.24, 2.45) is 17.8 Å². The van der Waals surface area contributed by atoms with Gasteiger partial charge >= 0.3 is 0 Å². The molecule has 0 aromatic carbocycles. The van der Waals surface area contributed by atoms with Crippen LogP contribution in [0.25, 0.3) is 0 Å². The predicted molar refractivity (Wildman–Crippen MR) is 80.6 cm³/mol. The number of nitriles is 1. The molecule has 4 saturated carbocycles. The average molecular weight is 303 g/mol. The first-order chi connectivity index (χ1) is 10.6.